The molecule has 2 nitrogen and oxygen atoms in total. The van der Waals surface area contributed by atoms with Crippen molar-refractivity contribution in [2.45, 2.75) is 40.0 Å². The largest absolute Gasteiger partial charge is 0.356 e. The number of hydrogen-bond donors (Lipinski definition) is 2. The summed E-state index contributed by atoms with van der Waals surface area (Å²) in [6, 6.07) is 0. The Morgan fingerprint density at radius 3 is 2.54 bits per heavy atom. The molecule has 13 heavy (non-hydrogen) atoms. The number of carbonyl (C=O) groups is 1. The van der Waals surface area contributed by atoms with Gasteiger partial charge in [-0.1, -0.05) is 27.2 Å². The molecule has 0 aromatic carbocycles. The van der Waals surface area contributed by atoms with Crippen LogP contribution >= 0.6 is 12.6 Å². The molecule has 0 aliphatic rings. The number of hydrogen-bond acceptors (Lipinski definition) is 2. The first-order chi connectivity index (χ1) is 6.02. The second kappa shape index (κ2) is 6.30. The van der Waals surface area contributed by atoms with Crippen molar-refractivity contribution in [1.82, 2.24) is 5.32 Å². The second-order valence-electron chi connectivity index (χ2n) is 4.16. The highest BCUT2D eigenvalue weighted by Gasteiger charge is 2.16. The van der Waals surface area contributed by atoms with E-state index in [1.807, 2.05) is 0 Å². The van der Waals surface area contributed by atoms with Gasteiger partial charge in [-0.25, -0.2) is 0 Å². The molecule has 0 fully saturated rings. The van der Waals surface area contributed by atoms with Crippen molar-refractivity contribution >= 4 is 18.5 Å². The van der Waals surface area contributed by atoms with Crippen LogP contribution in [0.25, 0.3) is 0 Å². The minimum Gasteiger partial charge on any atom is -0.356 e. The highest BCUT2D eigenvalue weighted by atomic mass is 32.1. The summed E-state index contributed by atoms with van der Waals surface area (Å²) in [7, 11) is 0. The number of carbonyl (C=O) groups excluding carboxylic acids is 1. The van der Waals surface area contributed by atoms with Gasteiger partial charge in [0.1, 0.15) is 0 Å². The topological polar surface area (TPSA) is 29.1 Å². The van der Waals surface area contributed by atoms with Crippen LogP contribution in [0.5, 0.6) is 0 Å². The first-order valence-electron chi connectivity index (χ1n) is 4.89. The minimum atomic E-state index is 0.110. The van der Waals surface area contributed by atoms with Gasteiger partial charge in [0.25, 0.3) is 0 Å². The zero-order chi connectivity index (χ0) is 10.3. The fraction of sp³-hybridized carbons (Fsp3) is 0.900. The maximum absolute atomic E-state index is 11.1. The average molecular weight is 203 g/mol. The van der Waals surface area contributed by atoms with E-state index in [9.17, 15) is 4.79 Å². The predicted octanol–water partition coefficient (Wildman–Crippen LogP) is 2.25. The third-order valence-electron chi connectivity index (χ3n) is 2.03. The van der Waals surface area contributed by atoms with E-state index in [-0.39, 0.29) is 11.3 Å². The predicted molar refractivity (Wildman–Crippen MR) is 60.2 cm³/mol. The Labute approximate surface area is 86.9 Å². The summed E-state index contributed by atoms with van der Waals surface area (Å²) in [5, 5.41) is 2.92. The molecular weight excluding hydrogens is 182 g/mol. The van der Waals surface area contributed by atoms with Gasteiger partial charge in [0.2, 0.25) is 5.91 Å². The Morgan fingerprint density at radius 2 is 2.08 bits per heavy atom. The quantitative estimate of drug-likeness (QED) is 0.637. The first kappa shape index (κ1) is 12.8. The van der Waals surface area contributed by atoms with Crippen molar-refractivity contribution in [3.05, 3.63) is 0 Å². The maximum atomic E-state index is 11.1. The second-order valence-corrected chi connectivity index (χ2v) is 4.61. The van der Waals surface area contributed by atoms with Crippen LogP contribution in [-0.2, 0) is 4.79 Å². The number of nitrogens with one attached hydrogen (secondary N) is 1. The van der Waals surface area contributed by atoms with Gasteiger partial charge in [0, 0.05) is 13.0 Å². The Morgan fingerprint density at radius 1 is 1.46 bits per heavy atom. The van der Waals surface area contributed by atoms with Crippen molar-refractivity contribution in [2.75, 3.05) is 12.3 Å². The molecule has 0 aromatic rings. The summed E-state index contributed by atoms with van der Waals surface area (Å²) in [6.45, 7) is 7.29. The molecule has 0 rings (SSSR count). The maximum Gasteiger partial charge on any atom is 0.220 e. The SMILES string of the molecule is CCCC(C)(C)CNC(=O)CCS. The van der Waals surface area contributed by atoms with Crippen LogP contribution in [0.2, 0.25) is 0 Å². The fourth-order valence-electron chi connectivity index (χ4n) is 1.29. The van der Waals surface area contributed by atoms with Crippen LogP contribution in [-0.4, -0.2) is 18.2 Å². The van der Waals surface area contributed by atoms with Gasteiger partial charge in [-0.15, -0.1) is 0 Å². The highest BCUT2D eigenvalue weighted by Crippen LogP contribution is 2.20. The molecule has 0 saturated heterocycles. The summed E-state index contributed by atoms with van der Waals surface area (Å²) >= 11 is 4.01. The van der Waals surface area contributed by atoms with E-state index < -0.39 is 0 Å². The van der Waals surface area contributed by atoms with Crippen LogP contribution in [0, 0.1) is 5.41 Å². The van der Waals surface area contributed by atoms with Crippen LogP contribution in [0.1, 0.15) is 40.0 Å². The zero-order valence-corrected chi connectivity index (χ0v) is 9.79. The highest BCUT2D eigenvalue weighted by molar-refractivity contribution is 7.80. The molecule has 78 valence electrons. The zero-order valence-electron chi connectivity index (χ0n) is 8.89. The van der Waals surface area contributed by atoms with Gasteiger partial charge in [0.15, 0.2) is 0 Å². The van der Waals surface area contributed by atoms with E-state index in [4.69, 9.17) is 0 Å². The molecule has 0 bridgehead atoms. The monoisotopic (exact) mass is 203 g/mol. The van der Waals surface area contributed by atoms with Gasteiger partial charge in [-0.3, -0.25) is 4.79 Å². The molecule has 3 heteroatoms. The Bertz CT molecular complexity index is 157. The summed E-state index contributed by atoms with van der Waals surface area (Å²) in [5.74, 6) is 0.735. The molecule has 0 spiro atoms. The van der Waals surface area contributed by atoms with E-state index in [2.05, 4.69) is 38.7 Å². The normalized spacial score (nSPS) is 11.4. The summed E-state index contributed by atoms with van der Waals surface area (Å²) in [6.07, 6.45) is 2.83. The van der Waals surface area contributed by atoms with Gasteiger partial charge in [0.05, 0.1) is 0 Å². The van der Waals surface area contributed by atoms with E-state index in [1.54, 1.807) is 0 Å². The van der Waals surface area contributed by atoms with Gasteiger partial charge >= 0.3 is 0 Å². The van der Waals surface area contributed by atoms with Crippen molar-refractivity contribution in [3.63, 3.8) is 0 Å². The molecule has 0 heterocycles. The molecule has 0 aliphatic heterocycles. The lowest BCUT2D eigenvalue weighted by atomic mass is 9.88. The smallest absolute Gasteiger partial charge is 0.220 e. The summed E-state index contributed by atoms with van der Waals surface area (Å²) in [4.78, 5) is 11.1. The number of thiol groups is 1. The van der Waals surface area contributed by atoms with Gasteiger partial charge in [-0.2, -0.15) is 12.6 Å². The lowest BCUT2D eigenvalue weighted by Crippen LogP contribution is -2.33. The van der Waals surface area contributed by atoms with Crippen LogP contribution in [0.3, 0.4) is 0 Å². The number of amides is 1. The third-order valence-corrected chi connectivity index (χ3v) is 2.25. The molecule has 0 aliphatic carbocycles. The van der Waals surface area contributed by atoms with Crippen molar-refractivity contribution < 1.29 is 4.79 Å². The Balaban J connectivity index is 3.67. The molecule has 0 saturated carbocycles. The standard InChI is InChI=1S/C10H21NOS/c1-4-6-10(2,3)8-11-9(12)5-7-13/h13H,4-8H2,1-3H3,(H,11,12). The fourth-order valence-corrected chi connectivity index (χ4v) is 1.50. The number of rotatable bonds is 6. The lowest BCUT2D eigenvalue weighted by molar-refractivity contribution is -0.121. The van der Waals surface area contributed by atoms with Gasteiger partial charge < -0.3 is 5.32 Å². The summed E-state index contributed by atoms with van der Waals surface area (Å²) < 4.78 is 0. The van der Waals surface area contributed by atoms with E-state index in [0.29, 0.717) is 12.2 Å². The average Bonchev–Trinajstić information content (AvgIpc) is 2.02. The van der Waals surface area contributed by atoms with Crippen LogP contribution in [0.15, 0.2) is 0 Å². The van der Waals surface area contributed by atoms with Crippen molar-refractivity contribution in [1.29, 1.82) is 0 Å². The third kappa shape index (κ3) is 6.94. The van der Waals surface area contributed by atoms with Crippen LogP contribution < -0.4 is 5.32 Å². The van der Waals surface area contributed by atoms with E-state index >= 15 is 0 Å². The molecule has 0 unspecified atom stereocenters. The molecule has 1 amide bonds. The van der Waals surface area contributed by atoms with E-state index in [1.165, 1.54) is 0 Å². The lowest BCUT2D eigenvalue weighted by Gasteiger charge is -2.24. The molecule has 1 N–H and O–H groups in total. The van der Waals surface area contributed by atoms with Gasteiger partial charge in [-0.05, 0) is 17.6 Å². The van der Waals surface area contributed by atoms with Crippen LogP contribution in [0.4, 0.5) is 0 Å². The Hall–Kier alpha value is -0.180. The molecular formula is C10H21NOS. The molecule has 0 atom stereocenters. The molecule has 0 aromatic heterocycles. The van der Waals surface area contributed by atoms with Crippen molar-refractivity contribution in [3.8, 4) is 0 Å². The summed E-state index contributed by atoms with van der Waals surface area (Å²) in [5.41, 5.74) is 0.223. The Kier molecular flexibility index (Phi) is 6.21. The first-order valence-corrected chi connectivity index (χ1v) is 5.52. The minimum absolute atomic E-state index is 0.110. The van der Waals surface area contributed by atoms with E-state index in [0.717, 1.165) is 19.4 Å². The molecule has 0 radical (unpaired) electrons. The van der Waals surface area contributed by atoms with Crippen molar-refractivity contribution in [2.24, 2.45) is 5.41 Å².